The Labute approximate surface area is 163 Å². The third-order valence-corrected chi connectivity index (χ3v) is 5.80. The van der Waals surface area contributed by atoms with Crippen molar-refractivity contribution in [3.8, 4) is 11.4 Å². The minimum atomic E-state index is -0.854. The van der Waals surface area contributed by atoms with Crippen LogP contribution in [-0.4, -0.2) is 48.6 Å². The van der Waals surface area contributed by atoms with Crippen LogP contribution in [-0.2, 0) is 31.0 Å². The van der Waals surface area contributed by atoms with Crippen molar-refractivity contribution in [2.45, 2.75) is 24.5 Å². The molecule has 0 aliphatic carbocycles. The van der Waals surface area contributed by atoms with Crippen LogP contribution >= 0.6 is 0 Å². The first-order valence-corrected chi connectivity index (χ1v) is 9.56. The number of nitrogens with zero attached hydrogens (tertiary/aromatic N) is 2. The number of aromatic nitrogens is 2. The van der Waals surface area contributed by atoms with Gasteiger partial charge in [-0.25, -0.2) is 4.98 Å². The molecule has 2 aliphatic rings. The third kappa shape index (κ3) is 2.56. The van der Waals surface area contributed by atoms with Crippen LogP contribution < -0.4 is 0 Å². The van der Waals surface area contributed by atoms with Gasteiger partial charge in [-0.3, -0.25) is 4.79 Å². The Kier molecular flexibility index (Phi) is 4.18. The van der Waals surface area contributed by atoms with Crippen LogP contribution in [0, 0.1) is 0 Å². The molecule has 6 nitrogen and oxygen atoms in total. The average Bonchev–Trinajstić information content (AvgIpc) is 3.12. The van der Waals surface area contributed by atoms with E-state index in [0.29, 0.717) is 32.8 Å². The molecule has 2 aromatic carbocycles. The number of methoxy groups -OCH3 is 1. The molecule has 2 unspecified atom stereocenters. The normalized spacial score (nSPS) is 23.8. The van der Waals surface area contributed by atoms with E-state index in [1.807, 2.05) is 48.5 Å². The first-order chi connectivity index (χ1) is 13.7. The molecule has 0 spiro atoms. The fourth-order valence-electron chi connectivity index (χ4n) is 4.56. The second-order valence-electron chi connectivity index (χ2n) is 7.40. The van der Waals surface area contributed by atoms with Gasteiger partial charge in [0.15, 0.2) is 0 Å². The molecule has 3 heterocycles. The monoisotopic (exact) mass is 378 g/mol. The van der Waals surface area contributed by atoms with Gasteiger partial charge in [0.1, 0.15) is 11.2 Å². The second-order valence-corrected chi connectivity index (χ2v) is 7.40. The van der Waals surface area contributed by atoms with E-state index < -0.39 is 5.41 Å². The molecule has 0 saturated carbocycles. The fraction of sp³-hybridized carbons (Fsp3) is 0.364. The summed E-state index contributed by atoms with van der Waals surface area (Å²) in [6, 6.07) is 16.0. The van der Waals surface area contributed by atoms with Gasteiger partial charge in [-0.05, 0) is 24.1 Å². The summed E-state index contributed by atoms with van der Waals surface area (Å²) >= 11 is 0. The number of carbonyl (C=O) groups excluding carboxylic acids is 1. The molecule has 28 heavy (non-hydrogen) atoms. The van der Waals surface area contributed by atoms with E-state index in [1.54, 1.807) is 0 Å². The van der Waals surface area contributed by atoms with Crippen LogP contribution in [0.5, 0.6) is 0 Å². The Balaban J connectivity index is 1.72. The van der Waals surface area contributed by atoms with Crippen LogP contribution in [0.15, 0.2) is 48.5 Å². The molecule has 0 bridgehead atoms. The van der Waals surface area contributed by atoms with Gasteiger partial charge in [0.2, 0.25) is 0 Å². The largest absolute Gasteiger partial charge is 0.468 e. The minimum Gasteiger partial charge on any atom is -0.468 e. The van der Waals surface area contributed by atoms with E-state index in [-0.39, 0.29) is 12.1 Å². The summed E-state index contributed by atoms with van der Waals surface area (Å²) < 4.78 is 19.0. The van der Waals surface area contributed by atoms with E-state index in [4.69, 9.17) is 19.2 Å². The van der Waals surface area contributed by atoms with Gasteiger partial charge in [-0.15, -0.1) is 0 Å². The zero-order valence-electron chi connectivity index (χ0n) is 15.8. The van der Waals surface area contributed by atoms with Crippen LogP contribution in [0.3, 0.4) is 0 Å². The molecule has 6 heteroatoms. The summed E-state index contributed by atoms with van der Waals surface area (Å²) in [6.45, 7) is 2.09. The van der Waals surface area contributed by atoms with E-state index in [2.05, 4.69) is 4.57 Å². The number of fused-ring (bicyclic) bond motifs is 5. The average molecular weight is 378 g/mol. The number of esters is 1. The molecule has 0 radical (unpaired) electrons. The zero-order valence-corrected chi connectivity index (χ0v) is 15.8. The van der Waals surface area contributed by atoms with Gasteiger partial charge in [0.05, 0.1) is 44.1 Å². The molecule has 1 fully saturated rings. The highest BCUT2D eigenvalue weighted by molar-refractivity contribution is 5.90. The first kappa shape index (κ1) is 17.4. The number of rotatable bonds is 3. The van der Waals surface area contributed by atoms with E-state index in [9.17, 15) is 4.79 Å². The van der Waals surface area contributed by atoms with Crippen molar-refractivity contribution in [2.24, 2.45) is 0 Å². The fourth-order valence-corrected chi connectivity index (χ4v) is 4.56. The van der Waals surface area contributed by atoms with Gasteiger partial charge in [-0.2, -0.15) is 0 Å². The summed E-state index contributed by atoms with van der Waals surface area (Å²) in [6.07, 6.45) is 0.347. The highest BCUT2D eigenvalue weighted by Crippen LogP contribution is 2.45. The molecule has 2 atom stereocenters. The highest BCUT2D eigenvalue weighted by atomic mass is 16.6. The number of imidazole rings is 1. The molecule has 0 amide bonds. The summed E-state index contributed by atoms with van der Waals surface area (Å²) in [4.78, 5) is 18.1. The summed E-state index contributed by atoms with van der Waals surface area (Å²) in [5, 5.41) is 0. The number of hydrogen-bond acceptors (Lipinski definition) is 5. The lowest BCUT2D eigenvalue weighted by Gasteiger charge is -2.40. The predicted octanol–water partition coefficient (Wildman–Crippen LogP) is 2.93. The molecule has 3 aromatic rings. The van der Waals surface area contributed by atoms with Gasteiger partial charge in [0, 0.05) is 12.1 Å². The lowest BCUT2D eigenvalue weighted by molar-refractivity contribution is -0.153. The van der Waals surface area contributed by atoms with Crippen molar-refractivity contribution in [1.82, 2.24) is 9.55 Å². The number of para-hydroxylation sites is 2. The Morgan fingerprint density at radius 1 is 1.21 bits per heavy atom. The highest BCUT2D eigenvalue weighted by Gasteiger charge is 2.49. The Hall–Kier alpha value is -2.70. The SMILES string of the molecule is COC(=O)C1(CC2COCCO2)Cn2c(nc3ccccc32)-c2ccccc21. The first-order valence-electron chi connectivity index (χ1n) is 9.56. The summed E-state index contributed by atoms with van der Waals surface area (Å²) in [7, 11) is 1.45. The standard InChI is InChI=1S/C22H22N2O4/c1-26-21(25)22(12-15-13-27-10-11-28-15)14-24-19-9-5-4-8-18(19)23-20(24)16-6-2-3-7-17(16)22/h2-9,15H,10-14H2,1H3. The van der Waals surface area contributed by atoms with Crippen molar-refractivity contribution < 1.29 is 19.0 Å². The van der Waals surface area contributed by atoms with Crippen molar-refractivity contribution in [3.63, 3.8) is 0 Å². The number of ether oxygens (including phenoxy) is 3. The van der Waals surface area contributed by atoms with Crippen molar-refractivity contribution >= 4 is 17.0 Å². The Morgan fingerprint density at radius 2 is 2.04 bits per heavy atom. The zero-order chi connectivity index (χ0) is 19.1. The maximum atomic E-state index is 13.2. The van der Waals surface area contributed by atoms with Crippen LogP contribution in [0.2, 0.25) is 0 Å². The molecule has 1 aromatic heterocycles. The van der Waals surface area contributed by atoms with Crippen molar-refractivity contribution in [1.29, 1.82) is 0 Å². The quantitative estimate of drug-likeness (QED) is 0.656. The van der Waals surface area contributed by atoms with E-state index in [0.717, 1.165) is 28.0 Å². The molecule has 144 valence electrons. The second kappa shape index (κ2) is 6.72. The van der Waals surface area contributed by atoms with Gasteiger partial charge in [0.25, 0.3) is 0 Å². The molecular formula is C22H22N2O4. The van der Waals surface area contributed by atoms with Crippen LogP contribution in [0.1, 0.15) is 12.0 Å². The smallest absolute Gasteiger partial charge is 0.318 e. The maximum absolute atomic E-state index is 13.2. The molecule has 5 rings (SSSR count). The lowest BCUT2D eigenvalue weighted by Crippen LogP contribution is -2.48. The molecule has 2 aliphatic heterocycles. The molecule has 0 N–H and O–H groups in total. The molecular weight excluding hydrogens is 356 g/mol. The Morgan fingerprint density at radius 3 is 2.86 bits per heavy atom. The summed E-state index contributed by atoms with van der Waals surface area (Å²) in [5.74, 6) is 0.634. The Bertz CT molecular complexity index is 1040. The van der Waals surface area contributed by atoms with E-state index >= 15 is 0 Å². The number of hydrogen-bond donors (Lipinski definition) is 0. The van der Waals surface area contributed by atoms with E-state index in [1.165, 1.54) is 7.11 Å². The van der Waals surface area contributed by atoms with Gasteiger partial charge in [-0.1, -0.05) is 36.4 Å². The number of benzene rings is 2. The van der Waals surface area contributed by atoms with Crippen molar-refractivity contribution in [3.05, 3.63) is 54.1 Å². The van der Waals surface area contributed by atoms with Crippen LogP contribution in [0.25, 0.3) is 22.4 Å². The van der Waals surface area contributed by atoms with Crippen molar-refractivity contribution in [2.75, 3.05) is 26.9 Å². The minimum absolute atomic E-state index is 0.155. The number of carbonyl (C=O) groups is 1. The third-order valence-electron chi connectivity index (χ3n) is 5.80. The predicted molar refractivity (Wildman–Crippen MR) is 104 cm³/mol. The van der Waals surface area contributed by atoms with Gasteiger partial charge >= 0.3 is 5.97 Å². The lowest BCUT2D eigenvalue weighted by atomic mass is 9.72. The summed E-state index contributed by atoms with van der Waals surface area (Å²) in [5.41, 5.74) is 2.99. The van der Waals surface area contributed by atoms with Gasteiger partial charge < -0.3 is 18.8 Å². The maximum Gasteiger partial charge on any atom is 0.318 e. The van der Waals surface area contributed by atoms with Crippen LogP contribution in [0.4, 0.5) is 0 Å². The topological polar surface area (TPSA) is 62.6 Å². The molecule has 1 saturated heterocycles.